The summed E-state index contributed by atoms with van der Waals surface area (Å²) >= 11 is 0. The summed E-state index contributed by atoms with van der Waals surface area (Å²) in [4.78, 5) is 14.1. The summed E-state index contributed by atoms with van der Waals surface area (Å²) in [6.07, 6.45) is -0.512. The molecule has 1 aliphatic rings. The highest BCUT2D eigenvalue weighted by Crippen LogP contribution is 2.21. The van der Waals surface area contributed by atoms with Crippen LogP contribution in [-0.4, -0.2) is 56.9 Å². The zero-order valence-electron chi connectivity index (χ0n) is 12.1. The average Bonchev–Trinajstić information content (AvgIpc) is 2.56. The standard InChI is InChI=1S/C15H21FN2O3/c1-20-14(13(17)10-16)11-2-4-12(5-3-11)15(19)18-6-8-21-9-7-18/h2-5,13-14H,6-10,17H2,1H3/t13-,14-/m1/s1. The van der Waals surface area contributed by atoms with Gasteiger partial charge in [-0.25, -0.2) is 4.39 Å². The van der Waals surface area contributed by atoms with Crippen LogP contribution in [0.25, 0.3) is 0 Å². The summed E-state index contributed by atoms with van der Waals surface area (Å²) in [6.45, 7) is 1.69. The van der Waals surface area contributed by atoms with Gasteiger partial charge in [-0.3, -0.25) is 4.79 Å². The molecule has 5 nitrogen and oxygen atoms in total. The van der Waals surface area contributed by atoms with E-state index in [1.807, 2.05) is 0 Å². The van der Waals surface area contributed by atoms with Gasteiger partial charge in [0.25, 0.3) is 5.91 Å². The fraction of sp³-hybridized carbons (Fsp3) is 0.533. The van der Waals surface area contributed by atoms with Crippen LogP contribution in [0, 0.1) is 0 Å². The molecule has 21 heavy (non-hydrogen) atoms. The average molecular weight is 296 g/mol. The number of nitrogens with two attached hydrogens (primary N) is 1. The van der Waals surface area contributed by atoms with Crippen molar-refractivity contribution in [2.75, 3.05) is 40.1 Å². The van der Waals surface area contributed by atoms with Gasteiger partial charge in [-0.05, 0) is 17.7 Å². The van der Waals surface area contributed by atoms with E-state index >= 15 is 0 Å². The van der Waals surface area contributed by atoms with Gasteiger partial charge in [-0.2, -0.15) is 0 Å². The minimum Gasteiger partial charge on any atom is -0.378 e. The second-order valence-electron chi connectivity index (χ2n) is 5.00. The number of carbonyl (C=O) groups is 1. The van der Waals surface area contributed by atoms with Crippen LogP contribution < -0.4 is 5.73 Å². The molecule has 1 amide bonds. The normalized spacial score (nSPS) is 18.3. The first-order chi connectivity index (χ1) is 10.2. The van der Waals surface area contributed by atoms with Crippen LogP contribution in [-0.2, 0) is 9.47 Å². The molecule has 0 aromatic heterocycles. The molecule has 1 aromatic carbocycles. The first-order valence-electron chi connectivity index (χ1n) is 6.98. The van der Waals surface area contributed by atoms with Gasteiger partial charge in [-0.15, -0.1) is 0 Å². The van der Waals surface area contributed by atoms with Crippen LogP contribution in [0.5, 0.6) is 0 Å². The number of methoxy groups -OCH3 is 1. The van der Waals surface area contributed by atoms with E-state index in [1.165, 1.54) is 7.11 Å². The maximum absolute atomic E-state index is 12.7. The third-order valence-corrected chi connectivity index (χ3v) is 3.61. The molecule has 0 unspecified atom stereocenters. The third-order valence-electron chi connectivity index (χ3n) is 3.61. The Morgan fingerprint density at radius 1 is 1.38 bits per heavy atom. The van der Waals surface area contributed by atoms with Crippen LogP contribution >= 0.6 is 0 Å². The Balaban J connectivity index is 2.08. The molecule has 1 saturated heterocycles. The number of halogens is 1. The second kappa shape index (κ2) is 7.49. The Labute approximate surface area is 123 Å². The van der Waals surface area contributed by atoms with E-state index in [9.17, 15) is 9.18 Å². The molecule has 1 heterocycles. The van der Waals surface area contributed by atoms with Gasteiger partial charge in [-0.1, -0.05) is 12.1 Å². The lowest BCUT2D eigenvalue weighted by molar-refractivity contribution is 0.0302. The molecule has 116 valence electrons. The molecule has 0 radical (unpaired) electrons. The van der Waals surface area contributed by atoms with E-state index in [1.54, 1.807) is 29.2 Å². The molecular weight excluding hydrogens is 275 g/mol. The van der Waals surface area contributed by atoms with Gasteiger partial charge in [0.2, 0.25) is 0 Å². The van der Waals surface area contributed by atoms with Crippen molar-refractivity contribution in [3.05, 3.63) is 35.4 Å². The molecule has 1 fully saturated rings. The molecular formula is C15H21FN2O3. The predicted molar refractivity (Wildman–Crippen MR) is 76.9 cm³/mol. The topological polar surface area (TPSA) is 64.8 Å². The van der Waals surface area contributed by atoms with Crippen LogP contribution in [0.2, 0.25) is 0 Å². The van der Waals surface area contributed by atoms with Crippen LogP contribution in [0.3, 0.4) is 0 Å². The number of hydrogen-bond acceptors (Lipinski definition) is 4. The maximum Gasteiger partial charge on any atom is 0.254 e. The monoisotopic (exact) mass is 296 g/mol. The highest BCUT2D eigenvalue weighted by molar-refractivity contribution is 5.94. The molecule has 6 heteroatoms. The molecule has 1 aromatic rings. The van der Waals surface area contributed by atoms with Crippen molar-refractivity contribution in [2.24, 2.45) is 5.73 Å². The van der Waals surface area contributed by atoms with Gasteiger partial charge in [0.15, 0.2) is 0 Å². The van der Waals surface area contributed by atoms with Crippen molar-refractivity contribution in [1.29, 1.82) is 0 Å². The van der Waals surface area contributed by atoms with E-state index in [0.717, 1.165) is 5.56 Å². The molecule has 2 atom stereocenters. The number of nitrogens with zero attached hydrogens (tertiary/aromatic N) is 1. The second-order valence-corrected chi connectivity index (χ2v) is 5.00. The first kappa shape index (κ1) is 15.9. The summed E-state index contributed by atoms with van der Waals surface area (Å²) in [7, 11) is 1.49. The molecule has 1 aliphatic heterocycles. The van der Waals surface area contributed by atoms with Crippen LogP contribution in [0.4, 0.5) is 4.39 Å². The Morgan fingerprint density at radius 2 is 2.00 bits per heavy atom. The van der Waals surface area contributed by atoms with Gasteiger partial charge >= 0.3 is 0 Å². The minimum absolute atomic E-state index is 0.0198. The summed E-state index contributed by atoms with van der Waals surface area (Å²) in [6, 6.07) is 6.26. The number of alkyl halides is 1. The van der Waals surface area contributed by atoms with Crippen LogP contribution in [0.15, 0.2) is 24.3 Å². The zero-order valence-corrected chi connectivity index (χ0v) is 12.1. The molecule has 0 aliphatic carbocycles. The zero-order chi connectivity index (χ0) is 15.2. The maximum atomic E-state index is 12.7. The van der Waals surface area contributed by atoms with Crippen molar-refractivity contribution < 1.29 is 18.7 Å². The Morgan fingerprint density at radius 3 is 2.52 bits per heavy atom. The Hall–Kier alpha value is -1.50. The molecule has 0 spiro atoms. The van der Waals surface area contributed by atoms with Crippen molar-refractivity contribution in [1.82, 2.24) is 4.90 Å². The SMILES string of the molecule is CO[C@H](c1ccc(C(=O)N2CCOCC2)cc1)[C@H](N)CF. The van der Waals surface area contributed by atoms with E-state index in [4.69, 9.17) is 15.2 Å². The fourth-order valence-electron chi connectivity index (χ4n) is 2.40. The van der Waals surface area contributed by atoms with Crippen molar-refractivity contribution in [3.63, 3.8) is 0 Å². The first-order valence-corrected chi connectivity index (χ1v) is 6.98. The van der Waals surface area contributed by atoms with Crippen molar-refractivity contribution >= 4 is 5.91 Å². The van der Waals surface area contributed by atoms with Crippen molar-refractivity contribution in [3.8, 4) is 0 Å². The number of benzene rings is 1. The Kier molecular flexibility index (Phi) is 5.67. The largest absolute Gasteiger partial charge is 0.378 e. The number of rotatable bonds is 5. The summed E-state index contributed by atoms with van der Waals surface area (Å²) < 4.78 is 23.1. The van der Waals surface area contributed by atoms with E-state index in [0.29, 0.717) is 31.9 Å². The van der Waals surface area contributed by atoms with Crippen molar-refractivity contribution in [2.45, 2.75) is 12.1 Å². The fourth-order valence-corrected chi connectivity index (χ4v) is 2.40. The molecule has 2 N–H and O–H groups in total. The lowest BCUT2D eigenvalue weighted by Crippen LogP contribution is -2.40. The smallest absolute Gasteiger partial charge is 0.254 e. The highest BCUT2D eigenvalue weighted by atomic mass is 19.1. The predicted octanol–water partition coefficient (Wildman–Crippen LogP) is 1.14. The number of carbonyl (C=O) groups excluding carboxylic acids is 1. The third kappa shape index (κ3) is 3.78. The minimum atomic E-state index is -0.712. The lowest BCUT2D eigenvalue weighted by atomic mass is 10.0. The summed E-state index contributed by atoms with van der Waals surface area (Å²) in [5.41, 5.74) is 7.05. The van der Waals surface area contributed by atoms with Crippen LogP contribution in [0.1, 0.15) is 22.0 Å². The van der Waals surface area contributed by atoms with Gasteiger partial charge < -0.3 is 20.1 Å². The molecule has 0 saturated carbocycles. The lowest BCUT2D eigenvalue weighted by Gasteiger charge is -2.27. The van der Waals surface area contributed by atoms with E-state index in [-0.39, 0.29) is 5.91 Å². The Bertz CT molecular complexity index is 460. The quantitative estimate of drug-likeness (QED) is 0.885. The highest BCUT2D eigenvalue weighted by Gasteiger charge is 2.21. The van der Waals surface area contributed by atoms with Gasteiger partial charge in [0.05, 0.1) is 25.4 Å². The number of ether oxygens (including phenoxy) is 2. The molecule has 2 rings (SSSR count). The number of morpholine rings is 1. The van der Waals surface area contributed by atoms with E-state index in [2.05, 4.69) is 0 Å². The summed E-state index contributed by atoms with van der Waals surface area (Å²) in [5.74, 6) is -0.0198. The van der Waals surface area contributed by atoms with Gasteiger partial charge in [0.1, 0.15) is 6.67 Å². The molecule has 0 bridgehead atoms. The van der Waals surface area contributed by atoms with Gasteiger partial charge in [0, 0.05) is 25.8 Å². The summed E-state index contributed by atoms with van der Waals surface area (Å²) in [5, 5.41) is 0. The number of hydrogen-bond donors (Lipinski definition) is 1. The van der Waals surface area contributed by atoms with E-state index < -0.39 is 18.8 Å². The number of amides is 1.